The molecule has 2 nitrogen and oxygen atoms in total. The molecule has 0 bridgehead atoms. The van der Waals surface area contributed by atoms with Gasteiger partial charge in [-0.3, -0.25) is 0 Å². The number of halogens is 1. The zero-order valence-electron chi connectivity index (χ0n) is 10.4. The lowest BCUT2D eigenvalue weighted by atomic mass is 9.95. The Kier molecular flexibility index (Phi) is 2.44. The third-order valence-electron chi connectivity index (χ3n) is 3.60. The van der Waals surface area contributed by atoms with Crippen LogP contribution in [0.5, 0.6) is 0 Å². The fraction of sp³-hybridized carbons (Fsp3) is 0.500. The van der Waals surface area contributed by atoms with Crippen molar-refractivity contribution in [1.82, 2.24) is 5.16 Å². The summed E-state index contributed by atoms with van der Waals surface area (Å²) in [4.78, 5) is 0. The highest BCUT2D eigenvalue weighted by atomic mass is 35.5. The van der Waals surface area contributed by atoms with Crippen LogP contribution in [-0.4, -0.2) is 5.16 Å². The molecule has 1 aromatic carbocycles. The fourth-order valence-corrected chi connectivity index (χ4v) is 2.66. The highest BCUT2D eigenvalue weighted by molar-refractivity contribution is 6.35. The molecule has 3 rings (SSSR count). The van der Waals surface area contributed by atoms with Gasteiger partial charge >= 0.3 is 0 Å². The number of hydrogen-bond acceptors (Lipinski definition) is 2. The minimum atomic E-state index is 0.471. The molecule has 3 heteroatoms. The Morgan fingerprint density at radius 1 is 1.41 bits per heavy atom. The summed E-state index contributed by atoms with van der Waals surface area (Å²) in [5.41, 5.74) is 4.28. The van der Waals surface area contributed by atoms with Gasteiger partial charge in [0.05, 0.1) is 10.7 Å². The van der Waals surface area contributed by atoms with Crippen molar-refractivity contribution in [2.24, 2.45) is 0 Å². The van der Waals surface area contributed by atoms with E-state index < -0.39 is 0 Å². The summed E-state index contributed by atoms with van der Waals surface area (Å²) in [6.07, 6.45) is 2.45. The van der Waals surface area contributed by atoms with Crippen molar-refractivity contribution in [2.75, 3.05) is 0 Å². The first kappa shape index (κ1) is 11.1. The molecule has 1 saturated carbocycles. The first-order valence-electron chi connectivity index (χ1n) is 6.18. The van der Waals surface area contributed by atoms with Gasteiger partial charge in [0, 0.05) is 11.3 Å². The van der Waals surface area contributed by atoms with E-state index in [0.717, 1.165) is 27.2 Å². The molecule has 2 aromatic rings. The molecule has 0 spiro atoms. The maximum atomic E-state index is 6.38. The Hall–Kier alpha value is -1.02. The van der Waals surface area contributed by atoms with Crippen molar-refractivity contribution in [3.63, 3.8) is 0 Å². The monoisotopic (exact) mass is 249 g/mol. The van der Waals surface area contributed by atoms with Crippen molar-refractivity contribution < 1.29 is 4.52 Å². The molecule has 1 aliphatic carbocycles. The molecule has 0 amide bonds. The van der Waals surface area contributed by atoms with Crippen molar-refractivity contribution in [1.29, 1.82) is 0 Å². The van der Waals surface area contributed by atoms with E-state index in [0.29, 0.717) is 11.8 Å². The van der Waals surface area contributed by atoms with Crippen LogP contribution < -0.4 is 0 Å². The number of rotatable bonds is 2. The normalized spacial score (nSPS) is 16.1. The third kappa shape index (κ3) is 1.66. The van der Waals surface area contributed by atoms with Gasteiger partial charge in [-0.15, -0.1) is 0 Å². The summed E-state index contributed by atoms with van der Waals surface area (Å²) in [6.45, 7) is 6.43. The standard InChI is InChI=1S/C14H16ClNO/c1-7(2)10-6-11-13(9-4-5-9)16-17-14(11)12(15)8(10)3/h6-7,9H,4-5H2,1-3H3. The molecule has 90 valence electrons. The van der Waals surface area contributed by atoms with Gasteiger partial charge in [-0.2, -0.15) is 0 Å². The van der Waals surface area contributed by atoms with Crippen LogP contribution in [0.25, 0.3) is 11.0 Å². The summed E-state index contributed by atoms with van der Waals surface area (Å²) >= 11 is 6.38. The van der Waals surface area contributed by atoms with Gasteiger partial charge in [-0.25, -0.2) is 0 Å². The summed E-state index contributed by atoms with van der Waals surface area (Å²) < 4.78 is 5.41. The molecule has 0 saturated heterocycles. The minimum absolute atomic E-state index is 0.471. The predicted octanol–water partition coefficient (Wildman–Crippen LogP) is 4.79. The lowest BCUT2D eigenvalue weighted by molar-refractivity contribution is 0.446. The molecule has 1 aliphatic rings. The third-order valence-corrected chi connectivity index (χ3v) is 4.06. The molecule has 0 radical (unpaired) electrons. The van der Waals surface area contributed by atoms with E-state index in [-0.39, 0.29) is 0 Å². The van der Waals surface area contributed by atoms with Gasteiger partial charge < -0.3 is 4.52 Å². The first-order chi connectivity index (χ1) is 8.09. The second kappa shape index (κ2) is 3.74. The molecule has 0 atom stereocenters. The predicted molar refractivity (Wildman–Crippen MR) is 69.8 cm³/mol. The number of hydrogen-bond donors (Lipinski definition) is 0. The average Bonchev–Trinajstić information content (AvgIpc) is 3.03. The molecule has 0 unspecified atom stereocenters. The van der Waals surface area contributed by atoms with Crippen LogP contribution in [-0.2, 0) is 0 Å². The summed E-state index contributed by atoms with van der Waals surface area (Å²) in [6, 6.07) is 2.21. The summed E-state index contributed by atoms with van der Waals surface area (Å²) in [5, 5.41) is 6.05. The Bertz CT molecular complexity index is 581. The van der Waals surface area contributed by atoms with E-state index >= 15 is 0 Å². The van der Waals surface area contributed by atoms with Gasteiger partial charge in [-0.1, -0.05) is 30.6 Å². The molecule has 17 heavy (non-hydrogen) atoms. The molecule has 1 heterocycles. The van der Waals surface area contributed by atoms with Crippen molar-refractivity contribution in [2.45, 2.75) is 45.4 Å². The van der Waals surface area contributed by atoms with Crippen LogP contribution >= 0.6 is 11.6 Å². The fourth-order valence-electron chi connectivity index (χ4n) is 2.42. The Balaban J connectivity index is 2.30. The zero-order valence-corrected chi connectivity index (χ0v) is 11.1. The maximum absolute atomic E-state index is 6.38. The first-order valence-corrected chi connectivity index (χ1v) is 6.55. The van der Waals surface area contributed by atoms with E-state index in [1.54, 1.807) is 0 Å². The molecule has 0 aliphatic heterocycles. The van der Waals surface area contributed by atoms with Gasteiger partial charge in [0.25, 0.3) is 0 Å². The van der Waals surface area contributed by atoms with E-state index in [1.807, 2.05) is 0 Å². The lowest BCUT2D eigenvalue weighted by Gasteiger charge is -2.11. The Morgan fingerprint density at radius 2 is 2.12 bits per heavy atom. The van der Waals surface area contributed by atoms with Crippen LogP contribution in [0.4, 0.5) is 0 Å². The van der Waals surface area contributed by atoms with Gasteiger partial charge in [0.15, 0.2) is 5.58 Å². The molecular formula is C14H16ClNO. The molecule has 0 N–H and O–H groups in total. The van der Waals surface area contributed by atoms with E-state index in [9.17, 15) is 0 Å². The van der Waals surface area contributed by atoms with Crippen LogP contribution in [0, 0.1) is 6.92 Å². The maximum Gasteiger partial charge on any atom is 0.185 e. The van der Waals surface area contributed by atoms with Gasteiger partial charge in [-0.05, 0) is 42.9 Å². The van der Waals surface area contributed by atoms with E-state index in [1.165, 1.54) is 18.4 Å². The zero-order chi connectivity index (χ0) is 12.2. The molecule has 1 fully saturated rings. The second-order valence-corrected chi connectivity index (χ2v) is 5.66. The highest BCUT2D eigenvalue weighted by Gasteiger charge is 2.30. The Labute approximate surface area is 106 Å². The van der Waals surface area contributed by atoms with Crippen molar-refractivity contribution in [3.05, 3.63) is 27.9 Å². The van der Waals surface area contributed by atoms with E-state index in [2.05, 4.69) is 32.0 Å². The van der Waals surface area contributed by atoms with Crippen LogP contribution in [0.15, 0.2) is 10.6 Å². The number of aromatic nitrogens is 1. The van der Waals surface area contributed by atoms with Crippen LogP contribution in [0.1, 0.15) is 55.3 Å². The summed E-state index contributed by atoms with van der Waals surface area (Å²) in [7, 11) is 0. The molecular weight excluding hydrogens is 234 g/mol. The quantitative estimate of drug-likeness (QED) is 0.765. The lowest BCUT2D eigenvalue weighted by Crippen LogP contribution is -1.93. The SMILES string of the molecule is Cc1c(C(C)C)cc2c(C3CC3)noc2c1Cl. The van der Waals surface area contributed by atoms with Crippen molar-refractivity contribution >= 4 is 22.6 Å². The van der Waals surface area contributed by atoms with Crippen LogP contribution in [0.3, 0.4) is 0 Å². The van der Waals surface area contributed by atoms with E-state index in [4.69, 9.17) is 16.1 Å². The highest BCUT2D eigenvalue weighted by Crippen LogP contribution is 2.45. The number of benzene rings is 1. The van der Waals surface area contributed by atoms with Crippen molar-refractivity contribution in [3.8, 4) is 0 Å². The smallest absolute Gasteiger partial charge is 0.185 e. The van der Waals surface area contributed by atoms with Crippen LogP contribution in [0.2, 0.25) is 5.02 Å². The largest absolute Gasteiger partial charge is 0.354 e. The van der Waals surface area contributed by atoms with Gasteiger partial charge in [0.2, 0.25) is 0 Å². The summed E-state index contributed by atoms with van der Waals surface area (Å²) in [5.74, 6) is 1.06. The van der Waals surface area contributed by atoms with Gasteiger partial charge in [0.1, 0.15) is 0 Å². The molecule has 1 aromatic heterocycles. The number of nitrogens with zero attached hydrogens (tertiary/aromatic N) is 1. The number of fused-ring (bicyclic) bond motifs is 1. The average molecular weight is 250 g/mol. The second-order valence-electron chi connectivity index (χ2n) is 5.28. The Morgan fingerprint density at radius 3 is 2.71 bits per heavy atom. The topological polar surface area (TPSA) is 26.0 Å². The minimum Gasteiger partial charge on any atom is -0.354 e.